The molecule has 0 aliphatic carbocycles. The van der Waals surface area contributed by atoms with Gasteiger partial charge in [0.2, 0.25) is 0 Å². The highest BCUT2D eigenvalue weighted by atomic mass is 35.5. The van der Waals surface area contributed by atoms with Gasteiger partial charge in [-0.2, -0.15) is 0 Å². The van der Waals surface area contributed by atoms with Gasteiger partial charge in [0.1, 0.15) is 11.6 Å². The summed E-state index contributed by atoms with van der Waals surface area (Å²) >= 11 is 5.92. The normalized spacial score (nSPS) is 12.4. The third-order valence-electron chi connectivity index (χ3n) is 3.14. The van der Waals surface area contributed by atoms with E-state index in [9.17, 15) is 29.9 Å². The van der Waals surface area contributed by atoms with Gasteiger partial charge in [-0.1, -0.05) is 11.6 Å². The highest BCUT2D eigenvalue weighted by Gasteiger charge is 2.29. The number of ether oxygens (including phenoxy) is 1. The zero-order chi connectivity index (χ0) is 19.5. The number of nitro benzene ring substituents is 1. The van der Waals surface area contributed by atoms with Crippen molar-refractivity contribution in [2.45, 2.75) is 45.8 Å². The van der Waals surface area contributed by atoms with Gasteiger partial charge in [-0.3, -0.25) is 10.1 Å². The van der Waals surface area contributed by atoms with Gasteiger partial charge < -0.3 is 20.3 Å². The molecule has 3 N–H and O–H groups in total. The summed E-state index contributed by atoms with van der Waals surface area (Å²) in [6.07, 6.45) is -1.38. The van der Waals surface area contributed by atoms with Crippen LogP contribution in [0.15, 0.2) is 6.07 Å². The molecule has 1 amide bonds. The molecule has 0 saturated carbocycles. The number of phenolic OH excluding ortho intramolecular Hbond substituents is 1. The first-order valence-corrected chi connectivity index (χ1v) is 7.59. The van der Waals surface area contributed by atoms with Crippen LogP contribution in [0.5, 0.6) is 5.75 Å². The topological polar surface area (TPSA) is 139 Å². The first-order chi connectivity index (χ1) is 11.3. The molecule has 0 bridgehead atoms. The number of phenols is 1. The van der Waals surface area contributed by atoms with Crippen molar-refractivity contribution in [3.05, 3.63) is 32.3 Å². The third kappa shape index (κ3) is 5.49. The average Bonchev–Trinajstić information content (AvgIpc) is 2.41. The lowest BCUT2D eigenvalue weighted by Gasteiger charge is -2.22. The van der Waals surface area contributed by atoms with Crippen LogP contribution in [-0.2, 0) is 16.0 Å². The molecule has 1 unspecified atom stereocenters. The fourth-order valence-corrected chi connectivity index (χ4v) is 2.24. The summed E-state index contributed by atoms with van der Waals surface area (Å²) in [5, 5.41) is 32.6. The number of amides is 1. The average molecular weight is 375 g/mol. The number of carboxylic acids is 1. The first-order valence-electron chi connectivity index (χ1n) is 7.21. The van der Waals surface area contributed by atoms with Gasteiger partial charge in [0.15, 0.2) is 5.75 Å². The SMILES string of the molecule is Cc1c(Cl)cc(CC(NC(=O)OC(C)(C)C)C(=O)O)c(O)c1[N+](=O)[O-]. The van der Waals surface area contributed by atoms with Gasteiger partial charge in [0, 0.05) is 17.5 Å². The number of hydrogen-bond donors (Lipinski definition) is 3. The molecule has 138 valence electrons. The number of nitrogens with one attached hydrogen (secondary N) is 1. The molecule has 0 heterocycles. The molecule has 0 aliphatic heterocycles. The van der Waals surface area contributed by atoms with Gasteiger partial charge in [0.25, 0.3) is 0 Å². The molecule has 0 saturated heterocycles. The van der Waals surface area contributed by atoms with Gasteiger partial charge >= 0.3 is 17.7 Å². The lowest BCUT2D eigenvalue weighted by atomic mass is 10.0. The summed E-state index contributed by atoms with van der Waals surface area (Å²) in [6.45, 7) is 6.18. The lowest BCUT2D eigenvalue weighted by molar-refractivity contribution is -0.386. The van der Waals surface area contributed by atoms with Crippen LogP contribution in [0.1, 0.15) is 31.9 Å². The molecule has 1 rings (SSSR count). The summed E-state index contributed by atoms with van der Waals surface area (Å²) in [5.41, 5.74) is -1.46. The molecule has 1 aromatic rings. The predicted molar refractivity (Wildman–Crippen MR) is 89.0 cm³/mol. The van der Waals surface area contributed by atoms with Crippen molar-refractivity contribution in [1.29, 1.82) is 0 Å². The minimum absolute atomic E-state index is 0.000840. The molecule has 10 heteroatoms. The van der Waals surface area contributed by atoms with Crippen LogP contribution in [0.25, 0.3) is 0 Å². The highest BCUT2D eigenvalue weighted by molar-refractivity contribution is 6.31. The fraction of sp³-hybridized carbons (Fsp3) is 0.467. The largest absolute Gasteiger partial charge is 0.502 e. The number of nitro groups is 1. The van der Waals surface area contributed by atoms with Crippen molar-refractivity contribution < 1.29 is 29.5 Å². The van der Waals surface area contributed by atoms with E-state index in [-0.39, 0.29) is 16.1 Å². The number of alkyl carbamates (subject to hydrolysis) is 1. The molecule has 0 fully saturated rings. The number of carbonyl (C=O) groups excluding carboxylic acids is 1. The summed E-state index contributed by atoms with van der Waals surface area (Å²) < 4.78 is 4.98. The van der Waals surface area contributed by atoms with Gasteiger partial charge in [-0.25, -0.2) is 9.59 Å². The van der Waals surface area contributed by atoms with Crippen LogP contribution in [0, 0.1) is 17.0 Å². The molecule has 0 aromatic heterocycles. The van der Waals surface area contributed by atoms with Gasteiger partial charge in [-0.15, -0.1) is 0 Å². The summed E-state index contributed by atoms with van der Waals surface area (Å²) in [5.74, 6) is -2.09. The maximum Gasteiger partial charge on any atom is 0.408 e. The van der Waals surface area contributed by atoms with Crippen molar-refractivity contribution in [3.8, 4) is 5.75 Å². The number of benzene rings is 1. The minimum Gasteiger partial charge on any atom is -0.502 e. The second kappa shape index (κ2) is 7.56. The molecule has 0 spiro atoms. The molecule has 0 radical (unpaired) electrons. The van der Waals surface area contributed by atoms with E-state index >= 15 is 0 Å². The Bertz CT molecular complexity index is 713. The predicted octanol–water partition coefficient (Wildman–Crippen LogP) is 2.78. The summed E-state index contributed by atoms with van der Waals surface area (Å²) in [6, 6.07) is -0.245. The fourth-order valence-electron chi connectivity index (χ4n) is 2.02. The zero-order valence-electron chi connectivity index (χ0n) is 14.1. The Hall–Kier alpha value is -2.55. The number of halogens is 1. The number of carbonyl (C=O) groups is 2. The van der Waals surface area contributed by atoms with Crippen molar-refractivity contribution in [3.63, 3.8) is 0 Å². The van der Waals surface area contributed by atoms with Crippen molar-refractivity contribution in [2.24, 2.45) is 0 Å². The van der Waals surface area contributed by atoms with Crippen molar-refractivity contribution in [2.75, 3.05) is 0 Å². The van der Waals surface area contributed by atoms with E-state index in [0.717, 1.165) is 0 Å². The Morgan fingerprint density at radius 2 is 2.00 bits per heavy atom. The molecule has 9 nitrogen and oxygen atoms in total. The van der Waals surface area contributed by atoms with E-state index in [0.29, 0.717) is 0 Å². The van der Waals surface area contributed by atoms with Crippen LogP contribution in [-0.4, -0.2) is 38.8 Å². The Kier molecular flexibility index (Phi) is 6.20. The second-order valence-corrected chi connectivity index (χ2v) is 6.75. The Balaban J connectivity index is 3.13. The molecular weight excluding hydrogens is 356 g/mol. The van der Waals surface area contributed by atoms with E-state index in [4.69, 9.17) is 16.3 Å². The lowest BCUT2D eigenvalue weighted by Crippen LogP contribution is -2.44. The smallest absolute Gasteiger partial charge is 0.408 e. The highest BCUT2D eigenvalue weighted by Crippen LogP contribution is 2.38. The maximum absolute atomic E-state index is 11.8. The molecule has 1 atom stereocenters. The number of aromatic hydroxyl groups is 1. The van der Waals surface area contributed by atoms with Crippen LogP contribution in [0.4, 0.5) is 10.5 Å². The minimum atomic E-state index is -1.47. The van der Waals surface area contributed by atoms with E-state index < -0.39 is 46.5 Å². The molecule has 25 heavy (non-hydrogen) atoms. The number of carboxylic acid groups (broad SMARTS) is 1. The quantitative estimate of drug-likeness (QED) is 0.531. The van der Waals surface area contributed by atoms with Crippen LogP contribution in [0.2, 0.25) is 5.02 Å². The third-order valence-corrected chi connectivity index (χ3v) is 3.53. The zero-order valence-corrected chi connectivity index (χ0v) is 14.9. The number of aliphatic carboxylic acids is 1. The summed E-state index contributed by atoms with van der Waals surface area (Å²) in [4.78, 5) is 33.4. The monoisotopic (exact) mass is 374 g/mol. The van der Waals surface area contributed by atoms with Crippen molar-refractivity contribution in [1.82, 2.24) is 5.32 Å². The molecule has 1 aromatic carbocycles. The van der Waals surface area contributed by atoms with E-state index in [1.165, 1.54) is 13.0 Å². The Labute approximate surface area is 148 Å². The van der Waals surface area contributed by atoms with Crippen LogP contribution < -0.4 is 5.32 Å². The van der Waals surface area contributed by atoms with E-state index in [1.807, 2.05) is 0 Å². The van der Waals surface area contributed by atoms with Gasteiger partial charge in [-0.05, 0) is 33.8 Å². The number of hydrogen-bond acceptors (Lipinski definition) is 6. The Morgan fingerprint density at radius 1 is 1.44 bits per heavy atom. The first kappa shape index (κ1) is 20.5. The van der Waals surface area contributed by atoms with E-state index in [1.54, 1.807) is 20.8 Å². The Morgan fingerprint density at radius 3 is 2.44 bits per heavy atom. The standard InChI is InChI=1S/C15H19ClN2O7/c1-7-9(16)5-8(12(19)11(7)18(23)24)6-10(13(20)21)17-14(22)25-15(2,3)4/h5,10,19H,6H2,1-4H3,(H,17,22)(H,20,21). The van der Waals surface area contributed by atoms with E-state index in [2.05, 4.69) is 5.32 Å². The summed E-state index contributed by atoms with van der Waals surface area (Å²) in [7, 11) is 0. The van der Waals surface area contributed by atoms with Crippen LogP contribution >= 0.6 is 11.6 Å². The van der Waals surface area contributed by atoms with Gasteiger partial charge in [0.05, 0.1) is 9.95 Å². The molecular formula is C15H19ClN2O7. The number of nitrogens with zero attached hydrogens (tertiary/aromatic N) is 1. The second-order valence-electron chi connectivity index (χ2n) is 6.34. The van der Waals surface area contributed by atoms with Crippen molar-refractivity contribution >= 4 is 29.4 Å². The van der Waals surface area contributed by atoms with Crippen LogP contribution in [0.3, 0.4) is 0 Å². The molecule has 0 aliphatic rings. The maximum atomic E-state index is 11.8. The number of rotatable bonds is 5.